The first-order chi connectivity index (χ1) is 7.02. The molecule has 0 rings (SSSR count). The minimum absolute atomic E-state index is 0. The predicted molar refractivity (Wildman–Crippen MR) is 68.9 cm³/mol. The van der Waals surface area contributed by atoms with Crippen LogP contribution in [0.1, 0.15) is 53.4 Å². The molecular formula is C13H24BaO2+2. The fourth-order valence-corrected chi connectivity index (χ4v) is 1.43. The van der Waals surface area contributed by atoms with Gasteiger partial charge in [-0.2, -0.15) is 0 Å². The van der Waals surface area contributed by atoms with Gasteiger partial charge in [0.2, 0.25) is 0 Å². The van der Waals surface area contributed by atoms with Crippen LogP contribution in [0.2, 0.25) is 0 Å². The summed E-state index contributed by atoms with van der Waals surface area (Å²) in [5.74, 6) is 0.413. The van der Waals surface area contributed by atoms with Crippen LogP contribution in [0.15, 0.2) is 11.8 Å². The summed E-state index contributed by atoms with van der Waals surface area (Å²) in [5.41, 5.74) is 0. The fraction of sp³-hybridized carbons (Fsp3) is 0.769. The van der Waals surface area contributed by atoms with Gasteiger partial charge >= 0.3 is 54.7 Å². The van der Waals surface area contributed by atoms with Gasteiger partial charge in [0.15, 0.2) is 0 Å². The topological polar surface area (TPSA) is 44.5 Å². The van der Waals surface area contributed by atoms with Crippen LogP contribution in [0.5, 0.6) is 0 Å². The number of rotatable bonds is 7. The van der Waals surface area contributed by atoms with Crippen LogP contribution in [0.4, 0.5) is 0 Å². The van der Waals surface area contributed by atoms with Crippen molar-refractivity contribution >= 4 is 54.7 Å². The van der Waals surface area contributed by atoms with E-state index in [2.05, 4.69) is 6.92 Å². The molecule has 1 N–H and O–H groups in total. The second-order valence-electron chi connectivity index (χ2n) is 4.37. The summed E-state index contributed by atoms with van der Waals surface area (Å²) in [6, 6.07) is 0. The standard InChI is InChI=1S/C13H24O2.Ba/c1-5-7-8-11(6-2)13(15)9-12(14)10(3)4;/h9-11,15H,5-8H2,1-4H3;/q;+2/b13-9-;. The molecule has 88 valence electrons. The smallest absolute Gasteiger partial charge is 0.875 e. The maximum Gasteiger partial charge on any atom is 2.00 e. The Morgan fingerprint density at radius 1 is 1.31 bits per heavy atom. The zero-order chi connectivity index (χ0) is 11.8. The van der Waals surface area contributed by atoms with Crippen molar-refractivity contribution < 1.29 is 9.90 Å². The Morgan fingerprint density at radius 3 is 2.25 bits per heavy atom. The molecule has 0 aromatic heterocycles. The van der Waals surface area contributed by atoms with E-state index >= 15 is 0 Å². The normalized spacial score (nSPS) is 13.4. The predicted octanol–water partition coefficient (Wildman–Crippen LogP) is 2.27. The number of ketones is 1. The molecule has 0 saturated carbocycles. The summed E-state index contributed by atoms with van der Waals surface area (Å²) < 4.78 is 0. The molecule has 16 heavy (non-hydrogen) atoms. The molecule has 0 radical (unpaired) electrons. The third kappa shape index (κ3) is 7.96. The summed E-state index contributed by atoms with van der Waals surface area (Å²) in [6.07, 6.45) is 5.41. The molecule has 0 aromatic rings. The summed E-state index contributed by atoms with van der Waals surface area (Å²) in [6.45, 7) is 7.91. The first kappa shape index (κ1) is 19.1. The van der Waals surface area contributed by atoms with E-state index in [4.69, 9.17) is 0 Å². The van der Waals surface area contributed by atoms with Crippen molar-refractivity contribution in [3.63, 3.8) is 0 Å². The van der Waals surface area contributed by atoms with Gasteiger partial charge in [-0.1, -0.05) is 47.0 Å². The number of carbonyl (C=O) groups excluding carboxylic acids is 1. The Labute approximate surface area is 140 Å². The van der Waals surface area contributed by atoms with Crippen LogP contribution < -0.4 is 5.11 Å². The van der Waals surface area contributed by atoms with Crippen molar-refractivity contribution in [2.75, 3.05) is 0 Å². The minimum Gasteiger partial charge on any atom is -0.875 e. The number of hydrogen-bond acceptors (Lipinski definition) is 1. The van der Waals surface area contributed by atoms with E-state index in [1.165, 1.54) is 6.08 Å². The molecule has 1 atom stereocenters. The van der Waals surface area contributed by atoms with Gasteiger partial charge in [-0.05, 0) is 12.3 Å². The molecule has 1 unspecified atom stereocenters. The molecule has 0 aliphatic rings. The van der Waals surface area contributed by atoms with Crippen molar-refractivity contribution in [1.29, 1.82) is 0 Å². The number of hydrogen-bond donors (Lipinski definition) is 0. The number of allylic oxidation sites excluding steroid dienone is 2. The van der Waals surface area contributed by atoms with E-state index in [1.54, 1.807) is 0 Å². The van der Waals surface area contributed by atoms with Crippen molar-refractivity contribution in [3.8, 4) is 0 Å². The van der Waals surface area contributed by atoms with Gasteiger partial charge < -0.3 is 5.11 Å². The maximum atomic E-state index is 11.8. The fourth-order valence-electron chi connectivity index (χ4n) is 1.43. The van der Waals surface area contributed by atoms with Gasteiger partial charge in [0.05, 0.1) is 5.92 Å². The second-order valence-corrected chi connectivity index (χ2v) is 4.37. The molecule has 0 saturated heterocycles. The first-order valence-corrected chi connectivity index (χ1v) is 5.97. The average molecular weight is 350 g/mol. The zero-order valence-electron chi connectivity index (χ0n) is 11.1. The Hall–Kier alpha value is 0.781. The van der Waals surface area contributed by atoms with E-state index in [1.807, 2.05) is 20.8 Å². The van der Waals surface area contributed by atoms with Crippen LogP contribution in [-0.4, -0.2) is 59.5 Å². The van der Waals surface area contributed by atoms with Gasteiger partial charge in [0, 0.05) is 6.08 Å². The first-order valence-electron chi connectivity index (χ1n) is 5.97. The molecule has 0 spiro atoms. The SMILES string of the molecule is CCCCC(CC)/C([O-])=C/C(=[OH+])C(C)C.[Ba+2]. The summed E-state index contributed by atoms with van der Waals surface area (Å²) in [5, 5.41) is 11.8. The van der Waals surface area contributed by atoms with Crippen molar-refractivity contribution in [2.45, 2.75) is 53.4 Å². The van der Waals surface area contributed by atoms with Gasteiger partial charge in [-0.25, -0.2) is 0 Å². The molecule has 0 aromatic carbocycles. The van der Waals surface area contributed by atoms with Gasteiger partial charge in [0.25, 0.3) is 0 Å². The largest absolute Gasteiger partial charge is 2.00 e. The van der Waals surface area contributed by atoms with E-state index in [-0.39, 0.29) is 72.3 Å². The summed E-state index contributed by atoms with van der Waals surface area (Å²) in [7, 11) is 0. The second kappa shape index (κ2) is 10.9. The van der Waals surface area contributed by atoms with E-state index in [0.717, 1.165) is 25.7 Å². The van der Waals surface area contributed by atoms with Gasteiger partial charge in [-0.3, -0.25) is 4.79 Å². The van der Waals surface area contributed by atoms with E-state index < -0.39 is 0 Å². The van der Waals surface area contributed by atoms with Crippen molar-refractivity contribution in [1.82, 2.24) is 0 Å². The van der Waals surface area contributed by atoms with Gasteiger partial charge in [-0.15, -0.1) is 5.76 Å². The summed E-state index contributed by atoms with van der Waals surface area (Å²) >= 11 is 0. The molecule has 0 aliphatic heterocycles. The van der Waals surface area contributed by atoms with Gasteiger partial charge in [0.1, 0.15) is 0 Å². The molecule has 0 amide bonds. The summed E-state index contributed by atoms with van der Waals surface area (Å²) in [4.78, 5) is 9.51. The monoisotopic (exact) mass is 350 g/mol. The molecule has 0 fully saturated rings. The van der Waals surface area contributed by atoms with Crippen LogP contribution >= 0.6 is 0 Å². The van der Waals surface area contributed by atoms with Crippen LogP contribution in [-0.2, 0) is 0 Å². The molecule has 0 aliphatic carbocycles. The third-order valence-corrected chi connectivity index (χ3v) is 2.68. The number of unbranched alkanes of at least 4 members (excludes halogenated alkanes) is 1. The van der Waals surface area contributed by atoms with E-state index in [9.17, 15) is 9.90 Å². The molecule has 2 nitrogen and oxygen atoms in total. The minimum atomic E-state index is 0. The Balaban J connectivity index is 0. The maximum absolute atomic E-state index is 11.8. The molecular weight excluding hydrogens is 325 g/mol. The quantitative estimate of drug-likeness (QED) is 0.301. The Kier molecular flexibility index (Phi) is 13.0. The molecule has 0 bridgehead atoms. The Morgan fingerprint density at radius 2 is 1.88 bits per heavy atom. The van der Waals surface area contributed by atoms with Crippen LogP contribution in [0.3, 0.4) is 0 Å². The average Bonchev–Trinajstić information content (AvgIpc) is 2.18. The zero-order valence-corrected chi connectivity index (χ0v) is 15.6. The van der Waals surface area contributed by atoms with Crippen molar-refractivity contribution in [3.05, 3.63) is 11.8 Å². The van der Waals surface area contributed by atoms with Crippen LogP contribution in [0, 0.1) is 11.8 Å². The Bertz CT molecular complexity index is 222. The molecule has 3 heteroatoms. The molecule has 0 heterocycles. The van der Waals surface area contributed by atoms with Crippen molar-refractivity contribution in [2.24, 2.45) is 11.8 Å². The van der Waals surface area contributed by atoms with E-state index in [0.29, 0.717) is 0 Å². The van der Waals surface area contributed by atoms with Crippen LogP contribution in [0.25, 0.3) is 0 Å². The third-order valence-electron chi connectivity index (χ3n) is 2.68.